The van der Waals surface area contributed by atoms with Crippen LogP contribution in [-0.2, 0) is 0 Å². The van der Waals surface area contributed by atoms with Crippen LogP contribution in [0.3, 0.4) is 0 Å². The molecular formula is C6H6ClIN2O3. The van der Waals surface area contributed by atoms with E-state index in [1.807, 2.05) is 22.6 Å². The third-order valence-electron chi connectivity index (χ3n) is 1.24. The highest BCUT2D eigenvalue weighted by atomic mass is 127. The van der Waals surface area contributed by atoms with Crippen LogP contribution in [0.15, 0.2) is 18.2 Å². The number of nitro benzene ring substituents is 1. The van der Waals surface area contributed by atoms with Crippen molar-refractivity contribution in [3.8, 4) is 5.75 Å². The van der Waals surface area contributed by atoms with Gasteiger partial charge in [-0.3, -0.25) is 10.1 Å². The van der Waals surface area contributed by atoms with E-state index in [-0.39, 0.29) is 23.8 Å². The van der Waals surface area contributed by atoms with Gasteiger partial charge in [-0.2, -0.15) is 5.90 Å². The van der Waals surface area contributed by atoms with Crippen LogP contribution in [0.4, 0.5) is 5.69 Å². The number of nitrogens with two attached hydrogens (primary N) is 1. The van der Waals surface area contributed by atoms with Crippen LogP contribution in [0.1, 0.15) is 0 Å². The highest BCUT2D eigenvalue weighted by Crippen LogP contribution is 2.27. The quantitative estimate of drug-likeness (QED) is 0.513. The van der Waals surface area contributed by atoms with Crippen LogP contribution in [0.5, 0.6) is 5.75 Å². The molecule has 2 N–H and O–H groups in total. The highest BCUT2D eigenvalue weighted by molar-refractivity contribution is 14.1. The van der Waals surface area contributed by atoms with E-state index >= 15 is 0 Å². The maximum absolute atomic E-state index is 10.4. The smallest absolute Gasteiger partial charge is 0.314 e. The average Bonchev–Trinajstić information content (AvgIpc) is 2.04. The summed E-state index contributed by atoms with van der Waals surface area (Å²) in [6, 6.07) is 4.53. The molecule has 0 bridgehead atoms. The standard InChI is InChI=1S/C6H5IN2O3.ClH/c7-4-1-2-6(12-8)5(3-4)9(10)11;/h1-3H,8H2;1H. The van der Waals surface area contributed by atoms with Crippen molar-refractivity contribution in [2.24, 2.45) is 5.90 Å². The molecule has 0 unspecified atom stereocenters. The second-order valence-corrected chi connectivity index (χ2v) is 3.23. The van der Waals surface area contributed by atoms with Crippen LogP contribution in [0.2, 0.25) is 0 Å². The number of nitrogens with zero attached hydrogens (tertiary/aromatic N) is 1. The van der Waals surface area contributed by atoms with Crippen molar-refractivity contribution in [2.75, 3.05) is 0 Å². The van der Waals surface area contributed by atoms with E-state index in [4.69, 9.17) is 5.90 Å². The van der Waals surface area contributed by atoms with Gasteiger partial charge in [-0.15, -0.1) is 12.4 Å². The van der Waals surface area contributed by atoms with E-state index in [1.165, 1.54) is 12.1 Å². The van der Waals surface area contributed by atoms with Gasteiger partial charge in [0.25, 0.3) is 0 Å². The van der Waals surface area contributed by atoms with Crippen LogP contribution in [0, 0.1) is 13.7 Å². The first-order chi connectivity index (χ1) is 5.65. The first kappa shape index (κ1) is 12.4. The lowest BCUT2D eigenvalue weighted by Gasteiger charge is -1.99. The molecule has 13 heavy (non-hydrogen) atoms. The third-order valence-corrected chi connectivity index (χ3v) is 1.92. The Morgan fingerprint density at radius 2 is 2.15 bits per heavy atom. The number of halogens is 2. The summed E-state index contributed by atoms with van der Waals surface area (Å²) in [4.78, 5) is 14.2. The van der Waals surface area contributed by atoms with Crippen molar-refractivity contribution < 1.29 is 9.76 Å². The number of hydrogen-bond donors (Lipinski definition) is 1. The molecule has 0 spiro atoms. The van der Waals surface area contributed by atoms with Gasteiger partial charge in [-0.05, 0) is 34.7 Å². The minimum atomic E-state index is -0.537. The second-order valence-electron chi connectivity index (χ2n) is 1.99. The van der Waals surface area contributed by atoms with Gasteiger partial charge in [0.2, 0.25) is 5.75 Å². The highest BCUT2D eigenvalue weighted by Gasteiger charge is 2.14. The first-order valence-electron chi connectivity index (χ1n) is 2.96. The summed E-state index contributed by atoms with van der Waals surface area (Å²) in [5.74, 6) is 4.90. The Kier molecular flexibility index (Phi) is 4.96. The summed E-state index contributed by atoms with van der Waals surface area (Å²) in [5, 5.41) is 10.4. The molecule has 0 atom stereocenters. The SMILES string of the molecule is Cl.NOc1ccc(I)cc1[N+](=O)[O-]. The number of benzene rings is 1. The van der Waals surface area contributed by atoms with E-state index in [0.717, 1.165) is 3.57 Å². The van der Waals surface area contributed by atoms with Gasteiger partial charge in [0.1, 0.15) is 0 Å². The molecule has 0 amide bonds. The molecule has 1 aromatic carbocycles. The Labute approximate surface area is 93.9 Å². The lowest BCUT2D eigenvalue weighted by molar-refractivity contribution is -0.386. The molecule has 5 nitrogen and oxygen atoms in total. The number of nitro groups is 1. The maximum atomic E-state index is 10.4. The molecule has 0 fully saturated rings. The summed E-state index contributed by atoms with van der Waals surface area (Å²) in [6.45, 7) is 0. The molecule has 0 aliphatic heterocycles. The van der Waals surface area contributed by atoms with Gasteiger partial charge in [-0.25, -0.2) is 0 Å². The summed E-state index contributed by atoms with van der Waals surface area (Å²) in [5.41, 5.74) is -0.121. The van der Waals surface area contributed by atoms with Gasteiger partial charge in [0.15, 0.2) is 0 Å². The van der Waals surface area contributed by atoms with E-state index in [0.29, 0.717) is 0 Å². The fourth-order valence-corrected chi connectivity index (χ4v) is 1.21. The molecule has 0 aliphatic rings. The fraction of sp³-hybridized carbons (Fsp3) is 0. The molecular weight excluding hydrogens is 310 g/mol. The average molecular weight is 316 g/mol. The molecule has 1 aromatic rings. The van der Waals surface area contributed by atoms with E-state index in [2.05, 4.69) is 4.84 Å². The van der Waals surface area contributed by atoms with Gasteiger partial charge in [-0.1, -0.05) is 0 Å². The molecule has 7 heteroatoms. The Balaban J connectivity index is 0.00000144. The Hall–Kier alpha value is -0.600. The number of rotatable bonds is 2. The lowest BCUT2D eigenvalue weighted by Crippen LogP contribution is -2.04. The van der Waals surface area contributed by atoms with Crippen molar-refractivity contribution in [3.05, 3.63) is 31.9 Å². The molecule has 0 radical (unpaired) electrons. The van der Waals surface area contributed by atoms with Gasteiger partial charge < -0.3 is 4.84 Å². The molecule has 0 heterocycles. The Morgan fingerprint density at radius 1 is 1.54 bits per heavy atom. The molecule has 1 rings (SSSR count). The zero-order valence-corrected chi connectivity index (χ0v) is 9.24. The second kappa shape index (κ2) is 5.20. The van der Waals surface area contributed by atoms with Crippen LogP contribution >= 0.6 is 35.0 Å². The van der Waals surface area contributed by atoms with Crippen molar-refractivity contribution in [2.45, 2.75) is 0 Å². The van der Waals surface area contributed by atoms with Crippen molar-refractivity contribution in [1.29, 1.82) is 0 Å². The summed E-state index contributed by atoms with van der Waals surface area (Å²) < 4.78 is 0.764. The lowest BCUT2D eigenvalue weighted by atomic mass is 10.3. The molecule has 0 saturated heterocycles. The zero-order chi connectivity index (χ0) is 9.14. The Bertz CT molecular complexity index is 321. The predicted molar refractivity (Wildman–Crippen MR) is 57.9 cm³/mol. The predicted octanol–water partition coefficient (Wildman–Crippen LogP) is 1.87. The van der Waals surface area contributed by atoms with E-state index in [9.17, 15) is 10.1 Å². The topological polar surface area (TPSA) is 78.4 Å². The molecule has 0 saturated carbocycles. The van der Waals surface area contributed by atoms with E-state index < -0.39 is 4.92 Å². The zero-order valence-electron chi connectivity index (χ0n) is 6.27. The van der Waals surface area contributed by atoms with Crippen LogP contribution < -0.4 is 10.7 Å². The minimum absolute atomic E-state index is 0. The Morgan fingerprint density at radius 3 is 2.62 bits per heavy atom. The third kappa shape index (κ3) is 2.98. The normalized spacial score (nSPS) is 8.77. The number of hydrogen-bond acceptors (Lipinski definition) is 4. The first-order valence-corrected chi connectivity index (χ1v) is 4.03. The molecule has 72 valence electrons. The monoisotopic (exact) mass is 316 g/mol. The molecule has 0 aliphatic carbocycles. The van der Waals surface area contributed by atoms with E-state index in [1.54, 1.807) is 6.07 Å². The van der Waals surface area contributed by atoms with Gasteiger partial charge in [0.05, 0.1) is 4.92 Å². The van der Waals surface area contributed by atoms with Crippen molar-refractivity contribution >= 4 is 40.7 Å². The summed E-state index contributed by atoms with van der Waals surface area (Å²) in [7, 11) is 0. The van der Waals surface area contributed by atoms with Crippen LogP contribution in [-0.4, -0.2) is 4.92 Å². The minimum Gasteiger partial charge on any atom is -0.404 e. The summed E-state index contributed by atoms with van der Waals surface area (Å²) >= 11 is 1.97. The van der Waals surface area contributed by atoms with Crippen molar-refractivity contribution in [1.82, 2.24) is 0 Å². The fourth-order valence-electron chi connectivity index (χ4n) is 0.733. The largest absolute Gasteiger partial charge is 0.404 e. The van der Waals surface area contributed by atoms with Crippen molar-refractivity contribution in [3.63, 3.8) is 0 Å². The summed E-state index contributed by atoms with van der Waals surface area (Å²) in [6.07, 6.45) is 0. The van der Waals surface area contributed by atoms with Crippen LogP contribution in [0.25, 0.3) is 0 Å². The van der Waals surface area contributed by atoms with Gasteiger partial charge >= 0.3 is 5.69 Å². The molecule has 0 aromatic heterocycles. The van der Waals surface area contributed by atoms with Gasteiger partial charge in [0, 0.05) is 9.64 Å². The maximum Gasteiger partial charge on any atom is 0.314 e.